The van der Waals surface area contributed by atoms with Crippen LogP contribution in [0.3, 0.4) is 0 Å². The molecule has 2 aromatic carbocycles. The molecule has 0 aliphatic heterocycles. The third-order valence-electron chi connectivity index (χ3n) is 5.07. The number of pyridine rings is 1. The predicted molar refractivity (Wildman–Crippen MR) is 121 cm³/mol. The molecule has 29 heavy (non-hydrogen) atoms. The van der Waals surface area contributed by atoms with E-state index in [0.29, 0.717) is 11.6 Å². The van der Waals surface area contributed by atoms with Gasteiger partial charge in [-0.1, -0.05) is 29.8 Å². The molecule has 0 spiro atoms. The predicted octanol–water partition coefficient (Wildman–Crippen LogP) is 6.34. The zero-order valence-corrected chi connectivity index (χ0v) is 17.4. The van der Waals surface area contributed by atoms with E-state index in [1.165, 1.54) is 0 Å². The molecule has 6 heteroatoms. The quantitative estimate of drug-likeness (QED) is 0.350. The Morgan fingerprint density at radius 3 is 2.79 bits per heavy atom. The second kappa shape index (κ2) is 7.59. The van der Waals surface area contributed by atoms with Gasteiger partial charge in [0.15, 0.2) is 0 Å². The lowest BCUT2D eigenvalue weighted by molar-refractivity contribution is 0.552. The van der Waals surface area contributed by atoms with E-state index in [1.54, 1.807) is 11.3 Å². The van der Waals surface area contributed by atoms with Crippen LogP contribution in [0, 0.1) is 0 Å². The second-order valence-electron chi connectivity index (χ2n) is 7.09. The van der Waals surface area contributed by atoms with Crippen molar-refractivity contribution in [1.82, 2.24) is 20.3 Å². The molecule has 144 valence electrons. The summed E-state index contributed by atoms with van der Waals surface area (Å²) in [7, 11) is 0. The van der Waals surface area contributed by atoms with Gasteiger partial charge in [0.1, 0.15) is 5.82 Å². The number of para-hydroxylation sites is 2. The van der Waals surface area contributed by atoms with Gasteiger partial charge in [0.05, 0.1) is 28.3 Å². The minimum absolute atomic E-state index is 0.0821. The molecular formula is C23H19ClN4S. The third-order valence-corrected chi connectivity index (χ3v) is 5.99. The van der Waals surface area contributed by atoms with Gasteiger partial charge >= 0.3 is 0 Å². The summed E-state index contributed by atoms with van der Waals surface area (Å²) in [6.45, 7) is 2.81. The summed E-state index contributed by atoms with van der Waals surface area (Å²) in [6.07, 6.45) is 0. The highest BCUT2D eigenvalue weighted by Crippen LogP contribution is 2.29. The van der Waals surface area contributed by atoms with Crippen molar-refractivity contribution in [3.05, 3.63) is 81.8 Å². The van der Waals surface area contributed by atoms with Gasteiger partial charge in [-0.2, -0.15) is 11.3 Å². The maximum atomic E-state index is 6.18. The number of aromatic amines is 1. The molecule has 0 aliphatic rings. The maximum absolute atomic E-state index is 6.18. The van der Waals surface area contributed by atoms with Crippen molar-refractivity contribution in [3.63, 3.8) is 0 Å². The van der Waals surface area contributed by atoms with E-state index < -0.39 is 0 Å². The van der Waals surface area contributed by atoms with Crippen molar-refractivity contribution < 1.29 is 0 Å². The SMILES string of the molecule is C[C@H](NCc1cc2ccc(Cl)cc2nc1-c1ccsc1)c1nc2ccccc2[nH]1. The highest BCUT2D eigenvalue weighted by atomic mass is 35.5. The monoisotopic (exact) mass is 418 g/mol. The molecule has 0 saturated heterocycles. The zero-order valence-electron chi connectivity index (χ0n) is 15.8. The highest BCUT2D eigenvalue weighted by molar-refractivity contribution is 7.08. The first kappa shape index (κ1) is 18.3. The van der Waals surface area contributed by atoms with E-state index in [2.05, 4.69) is 40.1 Å². The van der Waals surface area contributed by atoms with Crippen molar-refractivity contribution in [2.45, 2.75) is 19.5 Å². The average Bonchev–Trinajstić information content (AvgIpc) is 3.41. The molecule has 3 aromatic heterocycles. The fourth-order valence-corrected chi connectivity index (χ4v) is 4.31. The van der Waals surface area contributed by atoms with Gasteiger partial charge < -0.3 is 10.3 Å². The number of rotatable bonds is 5. The van der Waals surface area contributed by atoms with E-state index in [1.807, 2.05) is 42.5 Å². The highest BCUT2D eigenvalue weighted by Gasteiger charge is 2.14. The number of hydrogen-bond donors (Lipinski definition) is 2. The first-order valence-electron chi connectivity index (χ1n) is 9.47. The van der Waals surface area contributed by atoms with E-state index in [-0.39, 0.29) is 6.04 Å². The molecular weight excluding hydrogens is 400 g/mol. The number of hydrogen-bond acceptors (Lipinski definition) is 4. The Kier molecular flexibility index (Phi) is 4.79. The Bertz CT molecular complexity index is 1260. The fraction of sp³-hybridized carbons (Fsp3) is 0.130. The first-order valence-corrected chi connectivity index (χ1v) is 10.8. The van der Waals surface area contributed by atoms with Crippen LogP contribution >= 0.6 is 22.9 Å². The number of nitrogens with one attached hydrogen (secondary N) is 2. The van der Waals surface area contributed by atoms with Gasteiger partial charge in [0.25, 0.3) is 0 Å². The maximum Gasteiger partial charge on any atom is 0.124 e. The molecule has 3 heterocycles. The third kappa shape index (κ3) is 3.65. The number of benzene rings is 2. The summed E-state index contributed by atoms with van der Waals surface area (Å²) in [4.78, 5) is 13.0. The molecule has 0 saturated carbocycles. The lowest BCUT2D eigenvalue weighted by atomic mass is 10.0. The lowest BCUT2D eigenvalue weighted by Crippen LogP contribution is -2.20. The standard InChI is InChI=1S/C23H19ClN4S/c1-14(23-27-19-4-2-3-5-20(19)28-23)25-12-17-10-15-6-7-18(24)11-21(15)26-22(17)16-8-9-29-13-16/h2-11,13-14,25H,12H2,1H3,(H,27,28)/t14-/m0/s1. The summed E-state index contributed by atoms with van der Waals surface area (Å²) < 4.78 is 0. The number of halogens is 1. The summed E-state index contributed by atoms with van der Waals surface area (Å²) >= 11 is 7.85. The van der Waals surface area contributed by atoms with Crippen LogP contribution < -0.4 is 5.32 Å². The zero-order chi connectivity index (χ0) is 19.8. The van der Waals surface area contributed by atoms with E-state index in [4.69, 9.17) is 21.6 Å². The Labute approximate surface area is 177 Å². The molecule has 0 amide bonds. The van der Waals surface area contributed by atoms with Crippen LogP contribution in [0.15, 0.2) is 65.4 Å². The number of aromatic nitrogens is 3. The van der Waals surface area contributed by atoms with Crippen molar-refractivity contribution in [3.8, 4) is 11.3 Å². The summed E-state index contributed by atoms with van der Waals surface area (Å²) in [5, 5.41) is 9.59. The molecule has 0 radical (unpaired) electrons. The van der Waals surface area contributed by atoms with Crippen LogP contribution in [-0.2, 0) is 6.54 Å². The number of nitrogens with zero attached hydrogens (tertiary/aromatic N) is 2. The van der Waals surface area contributed by atoms with Gasteiger partial charge in [-0.15, -0.1) is 0 Å². The molecule has 0 fully saturated rings. The summed E-state index contributed by atoms with van der Waals surface area (Å²) in [5.41, 5.74) is 6.23. The Hall–Kier alpha value is -2.73. The van der Waals surface area contributed by atoms with Crippen LogP contribution in [0.5, 0.6) is 0 Å². The van der Waals surface area contributed by atoms with Crippen molar-refractivity contribution >= 4 is 44.9 Å². The molecule has 1 atom stereocenters. The van der Waals surface area contributed by atoms with Crippen molar-refractivity contribution in [2.24, 2.45) is 0 Å². The molecule has 4 nitrogen and oxygen atoms in total. The van der Waals surface area contributed by atoms with Crippen LogP contribution in [0.1, 0.15) is 24.4 Å². The van der Waals surface area contributed by atoms with Crippen molar-refractivity contribution in [1.29, 1.82) is 0 Å². The molecule has 0 unspecified atom stereocenters. The smallest absolute Gasteiger partial charge is 0.124 e. The van der Waals surface area contributed by atoms with Gasteiger partial charge in [0.2, 0.25) is 0 Å². The Morgan fingerprint density at radius 2 is 1.97 bits per heavy atom. The molecule has 2 N–H and O–H groups in total. The van der Waals surface area contributed by atoms with E-state index in [9.17, 15) is 0 Å². The van der Waals surface area contributed by atoms with E-state index in [0.717, 1.165) is 44.6 Å². The van der Waals surface area contributed by atoms with Gasteiger partial charge in [-0.05, 0) is 54.3 Å². The number of fused-ring (bicyclic) bond motifs is 2. The van der Waals surface area contributed by atoms with Crippen LogP contribution in [0.25, 0.3) is 33.2 Å². The normalized spacial score (nSPS) is 12.6. The largest absolute Gasteiger partial charge is 0.341 e. The number of H-pyrrole nitrogens is 1. The van der Waals surface area contributed by atoms with Gasteiger partial charge in [0, 0.05) is 27.9 Å². The first-order chi connectivity index (χ1) is 14.2. The van der Waals surface area contributed by atoms with Gasteiger partial charge in [-0.25, -0.2) is 9.97 Å². The summed E-state index contributed by atoms with van der Waals surface area (Å²) in [5.74, 6) is 0.934. The van der Waals surface area contributed by atoms with Crippen molar-refractivity contribution in [2.75, 3.05) is 0 Å². The topological polar surface area (TPSA) is 53.6 Å². The Morgan fingerprint density at radius 1 is 1.07 bits per heavy atom. The van der Waals surface area contributed by atoms with Crippen LogP contribution in [0.2, 0.25) is 5.02 Å². The number of thiophene rings is 1. The molecule has 0 bridgehead atoms. The number of imidazole rings is 1. The molecule has 5 aromatic rings. The fourth-order valence-electron chi connectivity index (χ4n) is 3.51. The minimum atomic E-state index is 0.0821. The molecule has 0 aliphatic carbocycles. The average molecular weight is 419 g/mol. The van der Waals surface area contributed by atoms with Gasteiger partial charge in [-0.3, -0.25) is 0 Å². The second-order valence-corrected chi connectivity index (χ2v) is 8.30. The summed E-state index contributed by atoms with van der Waals surface area (Å²) in [6, 6.07) is 18.3. The van der Waals surface area contributed by atoms with Crippen LogP contribution in [-0.4, -0.2) is 15.0 Å². The van der Waals surface area contributed by atoms with E-state index >= 15 is 0 Å². The lowest BCUT2D eigenvalue weighted by Gasteiger charge is -2.15. The Balaban J connectivity index is 1.47. The van der Waals surface area contributed by atoms with Crippen LogP contribution in [0.4, 0.5) is 0 Å². The minimum Gasteiger partial charge on any atom is -0.341 e. The molecule has 5 rings (SSSR count).